The summed E-state index contributed by atoms with van der Waals surface area (Å²) < 4.78 is 5.20. The zero-order valence-corrected chi connectivity index (χ0v) is 12.3. The van der Waals surface area contributed by atoms with E-state index in [9.17, 15) is 4.79 Å². The molecule has 1 amide bonds. The highest BCUT2D eigenvalue weighted by Gasteiger charge is 2.28. The van der Waals surface area contributed by atoms with E-state index in [1.165, 1.54) is 6.42 Å². The minimum atomic E-state index is 0.0377. The first-order valence-corrected chi connectivity index (χ1v) is 7.22. The third-order valence-electron chi connectivity index (χ3n) is 3.81. The molecule has 2 heterocycles. The zero-order chi connectivity index (χ0) is 14.4. The monoisotopic (exact) mass is 277 g/mol. The largest absolute Gasteiger partial charge is 0.480 e. The van der Waals surface area contributed by atoms with Crippen molar-refractivity contribution in [3.63, 3.8) is 0 Å². The molecule has 1 aliphatic rings. The maximum absolute atomic E-state index is 12.7. The number of piperidine rings is 1. The molecule has 1 fully saturated rings. The second-order valence-electron chi connectivity index (χ2n) is 5.10. The molecule has 5 heteroatoms. The zero-order valence-electron chi connectivity index (χ0n) is 12.3. The maximum Gasteiger partial charge on any atom is 0.259 e. The highest BCUT2D eigenvalue weighted by atomic mass is 16.5. The highest BCUT2D eigenvalue weighted by Crippen LogP contribution is 2.24. The number of methoxy groups -OCH3 is 1. The molecule has 2 rings (SSSR count). The number of carbonyl (C=O) groups excluding carboxylic acids is 1. The summed E-state index contributed by atoms with van der Waals surface area (Å²) in [5.41, 5.74) is 0.561. The normalized spacial score (nSPS) is 18.9. The van der Waals surface area contributed by atoms with Crippen molar-refractivity contribution < 1.29 is 9.53 Å². The van der Waals surface area contributed by atoms with Crippen LogP contribution < -0.4 is 10.1 Å². The number of carbonyl (C=O) groups is 1. The summed E-state index contributed by atoms with van der Waals surface area (Å²) in [4.78, 5) is 18.8. The average Bonchev–Trinajstić information content (AvgIpc) is 2.52. The third kappa shape index (κ3) is 3.28. The molecule has 1 unspecified atom stereocenters. The van der Waals surface area contributed by atoms with E-state index in [0.717, 1.165) is 32.4 Å². The fourth-order valence-corrected chi connectivity index (χ4v) is 2.75. The topological polar surface area (TPSA) is 54.5 Å². The number of hydrogen-bond acceptors (Lipinski definition) is 4. The van der Waals surface area contributed by atoms with E-state index in [2.05, 4.69) is 10.3 Å². The first-order valence-electron chi connectivity index (χ1n) is 7.22. The lowest BCUT2D eigenvalue weighted by Crippen LogP contribution is -2.44. The van der Waals surface area contributed by atoms with Crippen molar-refractivity contribution in [1.82, 2.24) is 15.2 Å². The Morgan fingerprint density at radius 1 is 1.55 bits per heavy atom. The first-order chi connectivity index (χ1) is 9.77. The number of hydrogen-bond donors (Lipinski definition) is 1. The van der Waals surface area contributed by atoms with E-state index in [-0.39, 0.29) is 5.91 Å². The van der Waals surface area contributed by atoms with Crippen LogP contribution in [-0.4, -0.2) is 49.1 Å². The number of nitrogens with zero attached hydrogens (tertiary/aromatic N) is 2. The standard InChI is InChI=1S/C15H23N3O2/c1-16-10-8-12-6-3-4-11-18(12)15(19)13-7-5-9-17-14(13)20-2/h5,7,9,12,16H,3-4,6,8,10-11H2,1-2H3. The van der Waals surface area contributed by atoms with E-state index in [0.29, 0.717) is 17.5 Å². The molecule has 0 aromatic carbocycles. The maximum atomic E-state index is 12.7. The molecule has 1 aromatic rings. The smallest absolute Gasteiger partial charge is 0.259 e. The van der Waals surface area contributed by atoms with E-state index in [1.807, 2.05) is 11.9 Å². The van der Waals surface area contributed by atoms with Crippen LogP contribution >= 0.6 is 0 Å². The molecule has 0 spiro atoms. The van der Waals surface area contributed by atoms with Crippen LogP contribution in [0.3, 0.4) is 0 Å². The quantitative estimate of drug-likeness (QED) is 0.890. The van der Waals surface area contributed by atoms with Crippen molar-refractivity contribution in [2.24, 2.45) is 0 Å². The number of pyridine rings is 1. The van der Waals surface area contributed by atoms with Gasteiger partial charge in [0, 0.05) is 18.8 Å². The van der Waals surface area contributed by atoms with Crippen LogP contribution in [0.5, 0.6) is 5.88 Å². The Kier molecular flexibility index (Phi) is 5.35. The molecular formula is C15H23N3O2. The van der Waals surface area contributed by atoms with E-state index in [1.54, 1.807) is 25.4 Å². The molecular weight excluding hydrogens is 254 g/mol. The van der Waals surface area contributed by atoms with Gasteiger partial charge in [-0.1, -0.05) is 0 Å². The Bertz CT molecular complexity index is 450. The molecule has 1 atom stereocenters. The van der Waals surface area contributed by atoms with Gasteiger partial charge < -0.3 is 15.0 Å². The van der Waals surface area contributed by atoms with Gasteiger partial charge in [0.15, 0.2) is 0 Å². The molecule has 20 heavy (non-hydrogen) atoms. The van der Waals surface area contributed by atoms with Crippen LogP contribution in [0.15, 0.2) is 18.3 Å². The van der Waals surface area contributed by atoms with Gasteiger partial charge >= 0.3 is 0 Å². The van der Waals surface area contributed by atoms with Gasteiger partial charge in [0.2, 0.25) is 5.88 Å². The van der Waals surface area contributed by atoms with Gasteiger partial charge in [0.05, 0.1) is 7.11 Å². The lowest BCUT2D eigenvalue weighted by atomic mass is 9.98. The molecule has 1 saturated heterocycles. The number of rotatable bonds is 5. The van der Waals surface area contributed by atoms with Gasteiger partial charge in [0.25, 0.3) is 5.91 Å². The predicted octanol–water partition coefficient (Wildman–Crippen LogP) is 1.69. The SMILES string of the molecule is CNCCC1CCCCN1C(=O)c1cccnc1OC. The van der Waals surface area contributed by atoms with Gasteiger partial charge in [-0.15, -0.1) is 0 Å². The Balaban J connectivity index is 2.16. The van der Waals surface area contributed by atoms with Crippen LogP contribution in [0.4, 0.5) is 0 Å². The summed E-state index contributed by atoms with van der Waals surface area (Å²) in [7, 11) is 3.49. The summed E-state index contributed by atoms with van der Waals surface area (Å²) in [6.45, 7) is 1.75. The van der Waals surface area contributed by atoms with Crippen molar-refractivity contribution in [3.8, 4) is 5.88 Å². The molecule has 1 aromatic heterocycles. The molecule has 0 saturated carbocycles. The number of ether oxygens (including phenoxy) is 1. The minimum absolute atomic E-state index is 0.0377. The van der Waals surface area contributed by atoms with Crippen molar-refractivity contribution in [1.29, 1.82) is 0 Å². The molecule has 5 nitrogen and oxygen atoms in total. The van der Waals surface area contributed by atoms with Crippen molar-refractivity contribution in [2.75, 3.05) is 27.2 Å². The molecule has 1 aliphatic heterocycles. The molecule has 1 N–H and O–H groups in total. The first kappa shape index (κ1) is 14.8. The number of aromatic nitrogens is 1. The Labute approximate surface area is 120 Å². The molecule has 0 radical (unpaired) electrons. The molecule has 0 bridgehead atoms. The second kappa shape index (κ2) is 7.24. The number of amides is 1. The Morgan fingerprint density at radius 2 is 2.40 bits per heavy atom. The number of nitrogens with one attached hydrogen (secondary N) is 1. The fraction of sp³-hybridized carbons (Fsp3) is 0.600. The van der Waals surface area contributed by atoms with Crippen LogP contribution in [0.2, 0.25) is 0 Å². The van der Waals surface area contributed by atoms with E-state index >= 15 is 0 Å². The lowest BCUT2D eigenvalue weighted by molar-refractivity contribution is 0.0598. The summed E-state index contributed by atoms with van der Waals surface area (Å²) >= 11 is 0. The minimum Gasteiger partial charge on any atom is -0.480 e. The molecule has 0 aliphatic carbocycles. The fourth-order valence-electron chi connectivity index (χ4n) is 2.75. The summed E-state index contributed by atoms with van der Waals surface area (Å²) in [6.07, 6.45) is 5.98. The Hall–Kier alpha value is -1.62. The number of likely N-dealkylation sites (tertiary alicyclic amines) is 1. The predicted molar refractivity (Wildman–Crippen MR) is 78.0 cm³/mol. The van der Waals surface area contributed by atoms with Gasteiger partial charge in [-0.2, -0.15) is 0 Å². The average molecular weight is 277 g/mol. The second-order valence-corrected chi connectivity index (χ2v) is 5.10. The highest BCUT2D eigenvalue weighted by molar-refractivity contribution is 5.96. The van der Waals surface area contributed by atoms with Crippen molar-refractivity contribution in [2.45, 2.75) is 31.7 Å². The van der Waals surface area contributed by atoms with Gasteiger partial charge in [0.1, 0.15) is 5.56 Å². The van der Waals surface area contributed by atoms with Gasteiger partial charge in [-0.3, -0.25) is 4.79 Å². The van der Waals surface area contributed by atoms with Gasteiger partial charge in [-0.25, -0.2) is 4.98 Å². The third-order valence-corrected chi connectivity index (χ3v) is 3.81. The van der Waals surface area contributed by atoms with Crippen LogP contribution in [0.25, 0.3) is 0 Å². The molecule has 110 valence electrons. The van der Waals surface area contributed by atoms with Crippen molar-refractivity contribution >= 4 is 5.91 Å². The van der Waals surface area contributed by atoms with Gasteiger partial charge in [-0.05, 0) is 51.4 Å². The summed E-state index contributed by atoms with van der Waals surface area (Å²) in [5, 5.41) is 3.16. The summed E-state index contributed by atoms with van der Waals surface area (Å²) in [6, 6.07) is 3.88. The lowest BCUT2D eigenvalue weighted by Gasteiger charge is -2.36. The van der Waals surface area contributed by atoms with Crippen LogP contribution in [0.1, 0.15) is 36.0 Å². The van der Waals surface area contributed by atoms with Crippen LogP contribution in [0, 0.1) is 0 Å². The van der Waals surface area contributed by atoms with E-state index in [4.69, 9.17) is 4.74 Å². The summed E-state index contributed by atoms with van der Waals surface area (Å²) in [5.74, 6) is 0.450. The Morgan fingerprint density at radius 3 is 3.15 bits per heavy atom. The van der Waals surface area contributed by atoms with E-state index < -0.39 is 0 Å². The van der Waals surface area contributed by atoms with Crippen LogP contribution in [-0.2, 0) is 0 Å². The van der Waals surface area contributed by atoms with Crippen molar-refractivity contribution in [3.05, 3.63) is 23.9 Å².